The number of carbonyl (C=O) groups is 1. The standard InChI is InChI=1S/C24H39N5O.HI/c1-3-26-24(29-14-8-10-20(17-29)15-23(25)30)27-16-21-11-4-5-12-22(21)18-28-13-7-6-9-19(28)2;/h4-5,11-12,19-20H,3,6-10,13-18H2,1-2H3,(H2,25,30)(H,26,27);1H. The van der Waals surface area contributed by atoms with Crippen molar-refractivity contribution in [1.82, 2.24) is 15.1 Å². The number of piperidine rings is 2. The van der Waals surface area contributed by atoms with E-state index in [-0.39, 0.29) is 29.9 Å². The van der Waals surface area contributed by atoms with Gasteiger partial charge in [0.25, 0.3) is 0 Å². The van der Waals surface area contributed by atoms with Gasteiger partial charge in [0.05, 0.1) is 6.54 Å². The van der Waals surface area contributed by atoms with Crippen molar-refractivity contribution in [2.75, 3.05) is 26.2 Å². The lowest BCUT2D eigenvalue weighted by atomic mass is 9.95. The molecule has 1 aromatic carbocycles. The van der Waals surface area contributed by atoms with Crippen LogP contribution in [0.2, 0.25) is 0 Å². The second-order valence-corrected chi connectivity index (χ2v) is 8.88. The van der Waals surface area contributed by atoms with Crippen molar-refractivity contribution in [2.24, 2.45) is 16.6 Å². The maximum absolute atomic E-state index is 11.4. The number of halogens is 1. The average Bonchev–Trinajstić information content (AvgIpc) is 2.73. The number of rotatable bonds is 7. The summed E-state index contributed by atoms with van der Waals surface area (Å²) < 4.78 is 0. The van der Waals surface area contributed by atoms with Gasteiger partial charge >= 0.3 is 0 Å². The van der Waals surface area contributed by atoms with Crippen molar-refractivity contribution in [3.05, 3.63) is 35.4 Å². The number of nitrogens with one attached hydrogen (secondary N) is 1. The van der Waals surface area contributed by atoms with E-state index >= 15 is 0 Å². The molecule has 2 atom stereocenters. The molecule has 0 bridgehead atoms. The van der Waals surface area contributed by atoms with Gasteiger partial charge in [-0.25, -0.2) is 4.99 Å². The van der Waals surface area contributed by atoms with Gasteiger partial charge in [-0.15, -0.1) is 24.0 Å². The van der Waals surface area contributed by atoms with Crippen LogP contribution in [0, 0.1) is 5.92 Å². The minimum atomic E-state index is -0.204. The van der Waals surface area contributed by atoms with Gasteiger partial charge < -0.3 is 16.0 Å². The fourth-order valence-electron chi connectivity index (χ4n) is 4.77. The van der Waals surface area contributed by atoms with Gasteiger partial charge in [-0.05, 0) is 63.1 Å². The molecule has 3 N–H and O–H groups in total. The average molecular weight is 542 g/mol. The monoisotopic (exact) mass is 541 g/mol. The predicted octanol–water partition coefficient (Wildman–Crippen LogP) is 3.73. The Morgan fingerprint density at radius 2 is 1.94 bits per heavy atom. The SMILES string of the molecule is CCNC(=NCc1ccccc1CN1CCCCC1C)N1CCCC(CC(N)=O)C1.I. The van der Waals surface area contributed by atoms with Gasteiger partial charge in [0, 0.05) is 38.6 Å². The molecular formula is C24H40IN5O. The van der Waals surface area contributed by atoms with Crippen molar-refractivity contribution >= 4 is 35.8 Å². The summed E-state index contributed by atoms with van der Waals surface area (Å²) in [5, 5.41) is 3.45. The molecule has 0 spiro atoms. The molecule has 1 amide bonds. The highest BCUT2D eigenvalue weighted by Crippen LogP contribution is 2.22. The molecule has 1 aromatic rings. The Bertz CT molecular complexity index is 726. The third kappa shape index (κ3) is 7.93. The minimum Gasteiger partial charge on any atom is -0.370 e. The van der Waals surface area contributed by atoms with Gasteiger partial charge in [-0.1, -0.05) is 30.7 Å². The third-order valence-electron chi connectivity index (χ3n) is 6.47. The summed E-state index contributed by atoms with van der Waals surface area (Å²) in [6, 6.07) is 9.38. The zero-order chi connectivity index (χ0) is 21.3. The maximum atomic E-state index is 11.4. The van der Waals surface area contributed by atoms with Crippen LogP contribution in [0.1, 0.15) is 63.5 Å². The van der Waals surface area contributed by atoms with Crippen LogP contribution < -0.4 is 11.1 Å². The first kappa shape index (κ1) is 25.9. The summed E-state index contributed by atoms with van der Waals surface area (Å²) in [5.41, 5.74) is 8.12. The number of hydrogen-bond donors (Lipinski definition) is 2. The number of primary amides is 1. The molecule has 0 aliphatic carbocycles. The summed E-state index contributed by atoms with van der Waals surface area (Å²) in [4.78, 5) is 21.3. The first-order chi connectivity index (χ1) is 14.6. The van der Waals surface area contributed by atoms with Gasteiger partial charge in [0.15, 0.2) is 5.96 Å². The number of carbonyl (C=O) groups excluding carboxylic acids is 1. The molecule has 2 saturated heterocycles. The first-order valence-corrected chi connectivity index (χ1v) is 11.7. The van der Waals surface area contributed by atoms with E-state index in [4.69, 9.17) is 10.7 Å². The molecule has 2 aliphatic heterocycles. The van der Waals surface area contributed by atoms with Crippen LogP contribution in [0.25, 0.3) is 0 Å². The van der Waals surface area contributed by atoms with E-state index in [1.807, 2.05) is 0 Å². The van der Waals surface area contributed by atoms with E-state index in [0.717, 1.165) is 45.0 Å². The quantitative estimate of drug-likeness (QED) is 0.314. The Morgan fingerprint density at radius 3 is 2.65 bits per heavy atom. The molecular weight excluding hydrogens is 501 g/mol. The smallest absolute Gasteiger partial charge is 0.217 e. The molecule has 2 unspecified atom stereocenters. The molecule has 2 aliphatic rings. The summed E-state index contributed by atoms with van der Waals surface area (Å²) >= 11 is 0. The molecule has 2 fully saturated rings. The van der Waals surface area contributed by atoms with Gasteiger partial charge in [0.1, 0.15) is 0 Å². The van der Waals surface area contributed by atoms with Crippen LogP contribution >= 0.6 is 24.0 Å². The molecule has 0 radical (unpaired) electrons. The van der Waals surface area contributed by atoms with Crippen LogP contribution in [0.15, 0.2) is 29.3 Å². The molecule has 174 valence electrons. The maximum Gasteiger partial charge on any atom is 0.217 e. The molecule has 3 rings (SSSR count). The molecule has 6 nitrogen and oxygen atoms in total. The van der Waals surface area contributed by atoms with E-state index in [1.54, 1.807) is 0 Å². The van der Waals surface area contributed by atoms with Gasteiger partial charge in [0.2, 0.25) is 5.91 Å². The molecule has 0 aromatic heterocycles. The fraction of sp³-hybridized carbons (Fsp3) is 0.667. The van der Waals surface area contributed by atoms with E-state index < -0.39 is 0 Å². The highest BCUT2D eigenvalue weighted by atomic mass is 127. The lowest BCUT2D eigenvalue weighted by molar-refractivity contribution is -0.119. The van der Waals surface area contributed by atoms with E-state index in [9.17, 15) is 4.79 Å². The van der Waals surface area contributed by atoms with E-state index in [1.165, 1.54) is 36.9 Å². The van der Waals surface area contributed by atoms with Crippen molar-refractivity contribution < 1.29 is 4.79 Å². The van der Waals surface area contributed by atoms with Crippen molar-refractivity contribution in [3.8, 4) is 0 Å². The lowest BCUT2D eigenvalue weighted by Gasteiger charge is -2.35. The zero-order valence-corrected chi connectivity index (χ0v) is 21.5. The zero-order valence-electron chi connectivity index (χ0n) is 19.2. The second-order valence-electron chi connectivity index (χ2n) is 8.88. The Morgan fingerprint density at radius 1 is 1.16 bits per heavy atom. The Kier molecular flexibility index (Phi) is 11.1. The largest absolute Gasteiger partial charge is 0.370 e. The minimum absolute atomic E-state index is 0. The first-order valence-electron chi connectivity index (χ1n) is 11.7. The van der Waals surface area contributed by atoms with Crippen LogP contribution in [-0.4, -0.2) is 53.9 Å². The van der Waals surface area contributed by atoms with Crippen molar-refractivity contribution in [1.29, 1.82) is 0 Å². The molecule has 2 heterocycles. The second kappa shape index (κ2) is 13.3. The summed E-state index contributed by atoms with van der Waals surface area (Å²) in [5.74, 6) is 1.07. The van der Waals surface area contributed by atoms with Crippen LogP contribution in [0.4, 0.5) is 0 Å². The van der Waals surface area contributed by atoms with E-state index in [2.05, 4.69) is 53.2 Å². The molecule has 0 saturated carbocycles. The number of likely N-dealkylation sites (tertiary alicyclic amines) is 2. The number of hydrogen-bond acceptors (Lipinski definition) is 3. The van der Waals surface area contributed by atoms with Crippen LogP contribution in [0.5, 0.6) is 0 Å². The fourth-order valence-corrected chi connectivity index (χ4v) is 4.77. The topological polar surface area (TPSA) is 74.0 Å². The number of amides is 1. The summed E-state index contributed by atoms with van der Waals surface area (Å²) in [7, 11) is 0. The highest BCUT2D eigenvalue weighted by Gasteiger charge is 2.24. The Hall–Kier alpha value is -1.35. The summed E-state index contributed by atoms with van der Waals surface area (Å²) in [6.07, 6.45) is 6.56. The van der Waals surface area contributed by atoms with Gasteiger partial charge in [-0.2, -0.15) is 0 Å². The van der Waals surface area contributed by atoms with Gasteiger partial charge in [-0.3, -0.25) is 9.69 Å². The number of benzene rings is 1. The summed E-state index contributed by atoms with van der Waals surface area (Å²) in [6.45, 7) is 9.99. The number of aliphatic imine (C=N–C) groups is 1. The molecule has 7 heteroatoms. The number of nitrogens with two attached hydrogens (primary N) is 1. The predicted molar refractivity (Wildman–Crippen MR) is 139 cm³/mol. The van der Waals surface area contributed by atoms with E-state index in [0.29, 0.717) is 24.9 Å². The normalized spacial score (nSPS) is 22.6. The lowest BCUT2D eigenvalue weighted by Crippen LogP contribution is -2.47. The van der Waals surface area contributed by atoms with Crippen molar-refractivity contribution in [3.63, 3.8) is 0 Å². The third-order valence-corrected chi connectivity index (χ3v) is 6.47. The van der Waals surface area contributed by atoms with Crippen LogP contribution in [0.3, 0.4) is 0 Å². The Balaban J connectivity index is 0.00000341. The number of nitrogens with zero attached hydrogens (tertiary/aromatic N) is 3. The number of guanidine groups is 1. The molecule has 31 heavy (non-hydrogen) atoms. The van der Waals surface area contributed by atoms with Crippen LogP contribution in [-0.2, 0) is 17.9 Å². The highest BCUT2D eigenvalue weighted by molar-refractivity contribution is 14.0. The van der Waals surface area contributed by atoms with Crippen molar-refractivity contribution in [2.45, 2.75) is 71.5 Å². The Labute approximate surface area is 205 Å².